The van der Waals surface area contributed by atoms with Crippen LogP contribution in [0.4, 0.5) is 10.9 Å². The summed E-state index contributed by atoms with van der Waals surface area (Å²) in [4.78, 5) is 24.8. The summed E-state index contributed by atoms with van der Waals surface area (Å²) in [5, 5.41) is 3.73. The predicted molar refractivity (Wildman–Crippen MR) is 68.2 cm³/mol. The number of methoxy groups -OCH3 is 1. The second-order valence-electron chi connectivity index (χ2n) is 3.57. The second kappa shape index (κ2) is 5.09. The molecule has 0 saturated carbocycles. The highest BCUT2D eigenvalue weighted by atomic mass is 32.1. The summed E-state index contributed by atoms with van der Waals surface area (Å²) in [5.41, 5.74) is 1.13. The molecule has 0 bridgehead atoms. The summed E-state index contributed by atoms with van der Waals surface area (Å²) in [6, 6.07) is 0. The van der Waals surface area contributed by atoms with E-state index in [0.29, 0.717) is 5.82 Å². The molecule has 0 saturated heterocycles. The van der Waals surface area contributed by atoms with E-state index in [0.717, 1.165) is 15.7 Å². The van der Waals surface area contributed by atoms with Gasteiger partial charge in [0.1, 0.15) is 0 Å². The van der Waals surface area contributed by atoms with Crippen molar-refractivity contribution in [1.29, 1.82) is 0 Å². The van der Waals surface area contributed by atoms with Gasteiger partial charge in [0.15, 0.2) is 16.6 Å². The zero-order valence-corrected chi connectivity index (χ0v) is 11.0. The van der Waals surface area contributed by atoms with E-state index in [-0.39, 0.29) is 5.69 Å². The maximum Gasteiger partial charge on any atom is 0.358 e. The minimum atomic E-state index is -0.516. The first-order valence-electron chi connectivity index (χ1n) is 5.21. The summed E-state index contributed by atoms with van der Waals surface area (Å²) in [7, 11) is 1.30. The number of anilines is 2. The van der Waals surface area contributed by atoms with Crippen LogP contribution in [-0.4, -0.2) is 28.0 Å². The zero-order chi connectivity index (χ0) is 13.1. The van der Waals surface area contributed by atoms with Crippen LogP contribution in [0.2, 0.25) is 0 Å². The van der Waals surface area contributed by atoms with E-state index in [4.69, 9.17) is 0 Å². The molecule has 0 aromatic carbocycles. The fourth-order valence-electron chi connectivity index (χ4n) is 1.26. The van der Waals surface area contributed by atoms with E-state index in [9.17, 15) is 4.79 Å². The molecule has 0 atom stereocenters. The number of esters is 1. The van der Waals surface area contributed by atoms with Crippen molar-refractivity contribution in [2.24, 2.45) is 0 Å². The Morgan fingerprint density at radius 2 is 2.11 bits per heavy atom. The monoisotopic (exact) mass is 264 g/mol. The summed E-state index contributed by atoms with van der Waals surface area (Å²) >= 11 is 1.52. The molecule has 2 heterocycles. The average molecular weight is 264 g/mol. The summed E-state index contributed by atoms with van der Waals surface area (Å²) < 4.78 is 4.58. The largest absolute Gasteiger partial charge is 0.464 e. The molecule has 94 valence electrons. The maximum atomic E-state index is 11.3. The molecule has 2 aromatic rings. The number of hydrogen-bond acceptors (Lipinski definition) is 7. The lowest BCUT2D eigenvalue weighted by atomic mass is 10.4. The molecule has 0 unspecified atom stereocenters. The minimum absolute atomic E-state index is 0.160. The number of carbonyl (C=O) groups excluding carboxylic acids is 1. The lowest BCUT2D eigenvalue weighted by Crippen LogP contribution is -2.06. The number of hydrogen-bond donors (Lipinski definition) is 1. The van der Waals surface area contributed by atoms with E-state index in [1.807, 2.05) is 13.8 Å². The highest BCUT2D eigenvalue weighted by molar-refractivity contribution is 7.15. The van der Waals surface area contributed by atoms with Gasteiger partial charge in [-0.15, -0.1) is 11.3 Å². The van der Waals surface area contributed by atoms with E-state index in [1.165, 1.54) is 30.8 Å². The van der Waals surface area contributed by atoms with Crippen LogP contribution >= 0.6 is 11.3 Å². The van der Waals surface area contributed by atoms with E-state index in [2.05, 4.69) is 25.0 Å². The van der Waals surface area contributed by atoms with E-state index < -0.39 is 5.97 Å². The van der Waals surface area contributed by atoms with Gasteiger partial charge in [-0.25, -0.2) is 14.8 Å². The Hall–Kier alpha value is -2.02. The van der Waals surface area contributed by atoms with Gasteiger partial charge in [0.25, 0.3) is 0 Å². The first-order chi connectivity index (χ1) is 8.60. The number of aryl methyl sites for hydroxylation is 2. The zero-order valence-electron chi connectivity index (χ0n) is 10.2. The Balaban J connectivity index is 2.21. The van der Waals surface area contributed by atoms with Crippen LogP contribution in [0.1, 0.15) is 21.1 Å². The van der Waals surface area contributed by atoms with Crippen LogP contribution in [0.5, 0.6) is 0 Å². The third-order valence-electron chi connectivity index (χ3n) is 2.29. The molecule has 1 N–H and O–H groups in total. The van der Waals surface area contributed by atoms with Crippen LogP contribution in [0.15, 0.2) is 12.4 Å². The van der Waals surface area contributed by atoms with Crippen molar-refractivity contribution < 1.29 is 9.53 Å². The second-order valence-corrected chi connectivity index (χ2v) is 4.77. The van der Waals surface area contributed by atoms with Crippen LogP contribution < -0.4 is 5.32 Å². The topological polar surface area (TPSA) is 77.0 Å². The molecular weight excluding hydrogens is 252 g/mol. The first kappa shape index (κ1) is 12.4. The Kier molecular flexibility index (Phi) is 3.52. The van der Waals surface area contributed by atoms with Crippen molar-refractivity contribution in [2.75, 3.05) is 12.4 Å². The first-order valence-corrected chi connectivity index (χ1v) is 6.03. The van der Waals surface area contributed by atoms with Gasteiger partial charge in [0.05, 0.1) is 25.2 Å². The lowest BCUT2D eigenvalue weighted by molar-refractivity contribution is 0.0593. The lowest BCUT2D eigenvalue weighted by Gasteiger charge is -2.02. The van der Waals surface area contributed by atoms with Gasteiger partial charge in [-0.1, -0.05) is 0 Å². The van der Waals surface area contributed by atoms with Crippen molar-refractivity contribution in [2.45, 2.75) is 13.8 Å². The molecule has 0 fully saturated rings. The van der Waals surface area contributed by atoms with Gasteiger partial charge in [0, 0.05) is 4.88 Å². The van der Waals surface area contributed by atoms with Crippen LogP contribution in [-0.2, 0) is 4.74 Å². The molecule has 7 heteroatoms. The van der Waals surface area contributed by atoms with Gasteiger partial charge in [0.2, 0.25) is 0 Å². The van der Waals surface area contributed by atoms with Gasteiger partial charge in [-0.2, -0.15) is 0 Å². The Bertz CT molecular complexity index is 563. The van der Waals surface area contributed by atoms with Crippen molar-refractivity contribution in [3.05, 3.63) is 28.7 Å². The summed E-state index contributed by atoms with van der Waals surface area (Å²) in [6.45, 7) is 3.93. The van der Waals surface area contributed by atoms with Gasteiger partial charge < -0.3 is 10.1 Å². The minimum Gasteiger partial charge on any atom is -0.464 e. The average Bonchev–Trinajstić information content (AvgIpc) is 2.67. The quantitative estimate of drug-likeness (QED) is 0.855. The number of rotatable bonds is 3. The molecule has 0 aliphatic heterocycles. The summed E-state index contributed by atoms with van der Waals surface area (Å²) in [6.07, 6.45) is 2.88. The van der Waals surface area contributed by atoms with Crippen molar-refractivity contribution in [3.8, 4) is 0 Å². The molecule has 0 amide bonds. The van der Waals surface area contributed by atoms with Crippen LogP contribution in [0, 0.1) is 13.8 Å². The number of nitrogens with zero attached hydrogens (tertiary/aromatic N) is 3. The molecule has 0 aliphatic rings. The molecule has 0 radical (unpaired) electrons. The molecule has 0 spiro atoms. The number of carbonyl (C=O) groups is 1. The molecule has 0 aliphatic carbocycles. The summed E-state index contributed by atoms with van der Waals surface area (Å²) in [5.74, 6) is -0.0516. The fraction of sp³-hybridized carbons (Fsp3) is 0.273. The molecule has 2 aromatic heterocycles. The van der Waals surface area contributed by atoms with Crippen LogP contribution in [0.3, 0.4) is 0 Å². The molecule has 2 rings (SSSR count). The predicted octanol–water partition coefficient (Wildman–Crippen LogP) is 2.08. The third kappa shape index (κ3) is 2.62. The molecular formula is C11H12N4O2S. The van der Waals surface area contributed by atoms with Crippen molar-refractivity contribution in [1.82, 2.24) is 15.0 Å². The highest BCUT2D eigenvalue weighted by Gasteiger charge is 2.10. The molecule has 18 heavy (non-hydrogen) atoms. The SMILES string of the molecule is COC(=O)c1cncc(Nc2nc(C)c(C)s2)n1. The Morgan fingerprint density at radius 3 is 2.72 bits per heavy atom. The third-order valence-corrected chi connectivity index (χ3v) is 3.28. The number of nitrogens with one attached hydrogen (secondary N) is 1. The standard InChI is InChI=1S/C11H12N4O2S/c1-6-7(2)18-11(13-6)15-9-5-12-4-8(14-9)10(16)17-3/h4-5H,1-3H3,(H,13,14,15). The smallest absolute Gasteiger partial charge is 0.358 e. The van der Waals surface area contributed by atoms with Crippen LogP contribution in [0.25, 0.3) is 0 Å². The fourth-order valence-corrected chi connectivity index (χ4v) is 2.09. The van der Waals surface area contributed by atoms with E-state index in [1.54, 1.807) is 0 Å². The maximum absolute atomic E-state index is 11.3. The van der Waals surface area contributed by atoms with Gasteiger partial charge in [-0.05, 0) is 13.8 Å². The number of thiazole rings is 1. The number of aromatic nitrogens is 3. The Labute approximate surface area is 108 Å². The van der Waals surface area contributed by atoms with E-state index >= 15 is 0 Å². The Morgan fingerprint density at radius 1 is 1.33 bits per heavy atom. The normalized spacial score (nSPS) is 10.2. The van der Waals surface area contributed by atoms with Crippen molar-refractivity contribution >= 4 is 28.3 Å². The highest BCUT2D eigenvalue weighted by Crippen LogP contribution is 2.23. The molecule has 6 nitrogen and oxygen atoms in total. The van der Waals surface area contributed by atoms with Gasteiger partial charge in [-0.3, -0.25) is 4.98 Å². The number of ether oxygens (including phenoxy) is 1. The van der Waals surface area contributed by atoms with Crippen molar-refractivity contribution in [3.63, 3.8) is 0 Å². The van der Waals surface area contributed by atoms with Gasteiger partial charge >= 0.3 is 5.97 Å².